The summed E-state index contributed by atoms with van der Waals surface area (Å²) in [5, 5.41) is 13.7. The van der Waals surface area contributed by atoms with Crippen LogP contribution in [0.4, 0.5) is 14.9 Å². The van der Waals surface area contributed by atoms with Crippen molar-refractivity contribution >= 4 is 29.3 Å². The van der Waals surface area contributed by atoms with Crippen LogP contribution in [0.1, 0.15) is 19.8 Å². The molecule has 0 aliphatic carbocycles. The summed E-state index contributed by atoms with van der Waals surface area (Å²) in [5.41, 5.74) is 0.361. The normalized spacial score (nSPS) is 11.8. The molecular weight excluding hydrogens is 287 g/mol. The molecule has 0 spiro atoms. The average Bonchev–Trinajstić information content (AvgIpc) is 2.38. The van der Waals surface area contributed by atoms with E-state index in [0.717, 1.165) is 6.07 Å². The van der Waals surface area contributed by atoms with E-state index in [2.05, 4.69) is 10.6 Å². The molecule has 2 amide bonds. The number of carbonyl (C=O) groups excluding carboxylic acids is 1. The molecule has 0 aliphatic rings. The fourth-order valence-corrected chi connectivity index (χ4v) is 1.77. The average molecular weight is 303 g/mol. The fraction of sp³-hybridized carbons (Fsp3) is 0.385. The van der Waals surface area contributed by atoms with Gasteiger partial charge in [0.1, 0.15) is 5.82 Å². The Kier molecular flexibility index (Phi) is 6.24. The van der Waals surface area contributed by atoms with Crippen LogP contribution in [0.3, 0.4) is 0 Å². The molecule has 7 heteroatoms. The molecule has 0 saturated carbocycles. The lowest BCUT2D eigenvalue weighted by atomic mass is 10.0. The molecule has 0 saturated heterocycles. The van der Waals surface area contributed by atoms with E-state index in [1.54, 1.807) is 0 Å². The second-order valence-electron chi connectivity index (χ2n) is 4.34. The molecule has 0 heterocycles. The molecule has 110 valence electrons. The first-order valence-electron chi connectivity index (χ1n) is 6.14. The van der Waals surface area contributed by atoms with Gasteiger partial charge in [-0.05, 0) is 24.1 Å². The number of hydrogen-bond donors (Lipinski definition) is 3. The third-order valence-corrected chi connectivity index (χ3v) is 3.06. The second-order valence-corrected chi connectivity index (χ2v) is 4.74. The Bertz CT molecular complexity index is 497. The summed E-state index contributed by atoms with van der Waals surface area (Å²) in [7, 11) is 0. The van der Waals surface area contributed by atoms with Crippen molar-refractivity contribution in [1.29, 1.82) is 0 Å². The quantitative estimate of drug-likeness (QED) is 0.755. The van der Waals surface area contributed by atoms with Gasteiger partial charge in [-0.25, -0.2) is 9.18 Å². The first kappa shape index (κ1) is 16.2. The number of amides is 2. The lowest BCUT2D eigenvalue weighted by Crippen LogP contribution is -2.33. The van der Waals surface area contributed by atoms with Crippen molar-refractivity contribution in [1.82, 2.24) is 5.32 Å². The number of benzene rings is 1. The Labute approximate surface area is 121 Å². The largest absolute Gasteiger partial charge is 0.481 e. The van der Waals surface area contributed by atoms with Crippen LogP contribution in [0.2, 0.25) is 5.02 Å². The number of carboxylic acid groups (broad SMARTS) is 1. The molecule has 0 aliphatic heterocycles. The van der Waals surface area contributed by atoms with Crippen LogP contribution in [0.15, 0.2) is 18.2 Å². The van der Waals surface area contributed by atoms with E-state index in [4.69, 9.17) is 16.7 Å². The first-order chi connectivity index (χ1) is 9.42. The zero-order valence-electron chi connectivity index (χ0n) is 11.0. The molecular formula is C13H16ClFN2O3. The highest BCUT2D eigenvalue weighted by Crippen LogP contribution is 2.19. The summed E-state index contributed by atoms with van der Waals surface area (Å²) in [6.07, 6.45) is 0.647. The number of nitrogens with one attached hydrogen (secondary N) is 2. The number of aliphatic carboxylic acids is 1. The molecule has 1 aromatic carbocycles. The number of halogens is 2. The number of carbonyl (C=O) groups is 2. The highest BCUT2D eigenvalue weighted by Gasteiger charge is 2.12. The number of hydrogen-bond acceptors (Lipinski definition) is 2. The lowest BCUT2D eigenvalue weighted by Gasteiger charge is -2.14. The van der Waals surface area contributed by atoms with Gasteiger partial charge >= 0.3 is 12.0 Å². The van der Waals surface area contributed by atoms with Crippen molar-refractivity contribution in [2.45, 2.75) is 19.8 Å². The third-order valence-electron chi connectivity index (χ3n) is 2.77. The minimum absolute atomic E-state index is 0.000837. The molecule has 0 fully saturated rings. The summed E-state index contributed by atoms with van der Waals surface area (Å²) >= 11 is 5.59. The van der Waals surface area contributed by atoms with E-state index in [-0.39, 0.29) is 23.9 Å². The van der Waals surface area contributed by atoms with Gasteiger partial charge in [-0.15, -0.1) is 0 Å². The van der Waals surface area contributed by atoms with E-state index in [9.17, 15) is 14.0 Å². The Hall–Kier alpha value is -1.82. The summed E-state index contributed by atoms with van der Waals surface area (Å²) < 4.78 is 12.9. The van der Waals surface area contributed by atoms with Gasteiger partial charge in [-0.1, -0.05) is 24.9 Å². The minimum atomic E-state index is -0.899. The van der Waals surface area contributed by atoms with Crippen molar-refractivity contribution in [3.8, 4) is 0 Å². The summed E-state index contributed by atoms with van der Waals surface area (Å²) in [6, 6.07) is 3.34. The van der Waals surface area contributed by atoms with Crippen molar-refractivity contribution in [3.63, 3.8) is 0 Å². The highest BCUT2D eigenvalue weighted by atomic mass is 35.5. The van der Waals surface area contributed by atoms with Crippen molar-refractivity contribution < 1.29 is 19.1 Å². The van der Waals surface area contributed by atoms with Crippen LogP contribution in [0.5, 0.6) is 0 Å². The van der Waals surface area contributed by atoms with Crippen LogP contribution < -0.4 is 10.6 Å². The van der Waals surface area contributed by atoms with E-state index >= 15 is 0 Å². The Morgan fingerprint density at radius 2 is 2.15 bits per heavy atom. The lowest BCUT2D eigenvalue weighted by molar-refractivity contribution is -0.138. The van der Waals surface area contributed by atoms with Gasteiger partial charge < -0.3 is 15.7 Å². The molecule has 1 unspecified atom stereocenters. The van der Waals surface area contributed by atoms with Crippen LogP contribution in [0, 0.1) is 11.7 Å². The smallest absolute Gasteiger partial charge is 0.319 e. The Morgan fingerprint density at radius 3 is 2.70 bits per heavy atom. The van der Waals surface area contributed by atoms with Crippen LogP contribution in [0.25, 0.3) is 0 Å². The first-order valence-corrected chi connectivity index (χ1v) is 6.51. The van der Waals surface area contributed by atoms with Gasteiger partial charge in [-0.3, -0.25) is 4.79 Å². The molecule has 1 rings (SSSR count). The molecule has 0 radical (unpaired) electrons. The zero-order valence-corrected chi connectivity index (χ0v) is 11.7. The summed E-state index contributed by atoms with van der Waals surface area (Å²) in [5.74, 6) is -1.59. The Balaban J connectivity index is 2.46. The van der Waals surface area contributed by atoms with Crippen LogP contribution in [-0.4, -0.2) is 23.7 Å². The standard InChI is InChI=1S/C13H16ClFN2O3/c1-2-8(5-12(18)19)7-16-13(20)17-9-3-4-11(15)10(14)6-9/h3-4,6,8H,2,5,7H2,1H3,(H,18,19)(H2,16,17,20). The molecule has 0 bridgehead atoms. The summed E-state index contributed by atoms with van der Waals surface area (Å²) in [6.45, 7) is 2.11. The molecule has 1 atom stereocenters. The summed E-state index contributed by atoms with van der Waals surface area (Å²) in [4.78, 5) is 22.2. The molecule has 0 aromatic heterocycles. The van der Waals surface area contributed by atoms with Gasteiger partial charge in [0.15, 0.2) is 0 Å². The number of urea groups is 1. The molecule has 1 aromatic rings. The van der Waals surface area contributed by atoms with E-state index in [1.807, 2.05) is 6.92 Å². The van der Waals surface area contributed by atoms with E-state index < -0.39 is 17.8 Å². The van der Waals surface area contributed by atoms with Gasteiger partial charge in [0, 0.05) is 18.7 Å². The maximum Gasteiger partial charge on any atom is 0.319 e. The van der Waals surface area contributed by atoms with E-state index in [1.165, 1.54) is 12.1 Å². The SMILES string of the molecule is CCC(CNC(=O)Nc1ccc(F)c(Cl)c1)CC(=O)O. The van der Waals surface area contributed by atoms with E-state index in [0.29, 0.717) is 12.1 Å². The van der Waals surface area contributed by atoms with Crippen molar-refractivity contribution in [2.75, 3.05) is 11.9 Å². The number of carboxylic acids is 1. The van der Waals surface area contributed by atoms with Crippen LogP contribution in [-0.2, 0) is 4.79 Å². The predicted octanol–water partition coefficient (Wildman–Crippen LogP) is 3.10. The molecule has 3 N–H and O–H groups in total. The monoisotopic (exact) mass is 302 g/mol. The highest BCUT2D eigenvalue weighted by molar-refractivity contribution is 6.31. The maximum atomic E-state index is 12.9. The second kappa shape index (κ2) is 7.69. The number of anilines is 1. The van der Waals surface area contributed by atoms with Gasteiger partial charge in [0.2, 0.25) is 0 Å². The van der Waals surface area contributed by atoms with Crippen molar-refractivity contribution in [2.24, 2.45) is 5.92 Å². The zero-order chi connectivity index (χ0) is 15.1. The van der Waals surface area contributed by atoms with Gasteiger partial charge in [-0.2, -0.15) is 0 Å². The molecule has 5 nitrogen and oxygen atoms in total. The number of rotatable bonds is 6. The third kappa shape index (κ3) is 5.44. The predicted molar refractivity (Wildman–Crippen MR) is 74.5 cm³/mol. The van der Waals surface area contributed by atoms with Crippen LogP contribution >= 0.6 is 11.6 Å². The van der Waals surface area contributed by atoms with Crippen molar-refractivity contribution in [3.05, 3.63) is 29.0 Å². The van der Waals surface area contributed by atoms with Gasteiger partial charge in [0.25, 0.3) is 0 Å². The maximum absolute atomic E-state index is 12.9. The van der Waals surface area contributed by atoms with Gasteiger partial charge in [0.05, 0.1) is 5.02 Å². The topological polar surface area (TPSA) is 78.4 Å². The molecule has 20 heavy (non-hydrogen) atoms. The minimum Gasteiger partial charge on any atom is -0.481 e. The Morgan fingerprint density at radius 1 is 1.45 bits per heavy atom. The fourth-order valence-electron chi connectivity index (χ4n) is 1.59.